The average molecular weight is 355 g/mol. The number of H-pyrrole nitrogens is 1. The first-order chi connectivity index (χ1) is 12.5. The highest BCUT2D eigenvalue weighted by Crippen LogP contribution is 2.50. The van der Waals surface area contributed by atoms with E-state index in [0.717, 1.165) is 35.1 Å². The molecular formula is C21H25NO4. The van der Waals surface area contributed by atoms with Crippen LogP contribution in [0.2, 0.25) is 0 Å². The molecule has 0 atom stereocenters. The topological polar surface area (TPSA) is 71.5 Å². The Bertz CT molecular complexity index is 872. The summed E-state index contributed by atoms with van der Waals surface area (Å²) in [7, 11) is 1.65. The molecule has 1 aromatic heterocycles. The van der Waals surface area contributed by atoms with Gasteiger partial charge < -0.3 is 19.6 Å². The molecule has 0 amide bonds. The SMILES string of the molecule is CCOC(=O)/C=C/C=C(\O)Cc1c(C2(C)CC2)[nH]c2cc(OC)ccc12. The van der Waals surface area contributed by atoms with Crippen LogP contribution in [0.4, 0.5) is 0 Å². The third-order valence-electron chi connectivity index (χ3n) is 4.88. The van der Waals surface area contributed by atoms with Crippen molar-refractivity contribution in [2.24, 2.45) is 0 Å². The largest absolute Gasteiger partial charge is 0.512 e. The molecule has 3 rings (SSSR count). The van der Waals surface area contributed by atoms with Crippen LogP contribution in [0.5, 0.6) is 5.75 Å². The maximum absolute atomic E-state index is 11.3. The summed E-state index contributed by atoms with van der Waals surface area (Å²) in [6.45, 7) is 4.32. The quantitative estimate of drug-likeness (QED) is 0.336. The highest BCUT2D eigenvalue weighted by Gasteiger charge is 2.42. The fourth-order valence-electron chi connectivity index (χ4n) is 3.17. The first-order valence-corrected chi connectivity index (χ1v) is 8.89. The molecular weight excluding hydrogens is 330 g/mol. The summed E-state index contributed by atoms with van der Waals surface area (Å²) >= 11 is 0. The number of carbonyl (C=O) groups is 1. The number of carbonyl (C=O) groups excluding carboxylic acids is 1. The Morgan fingerprint density at radius 2 is 2.15 bits per heavy atom. The van der Waals surface area contributed by atoms with Gasteiger partial charge in [0.2, 0.25) is 0 Å². The molecule has 1 aromatic carbocycles. The van der Waals surface area contributed by atoms with Crippen LogP contribution in [0.1, 0.15) is 37.9 Å². The zero-order valence-corrected chi connectivity index (χ0v) is 15.5. The lowest BCUT2D eigenvalue weighted by atomic mass is 9.96. The number of benzene rings is 1. The number of hydrogen-bond acceptors (Lipinski definition) is 4. The van der Waals surface area contributed by atoms with Crippen molar-refractivity contribution in [1.29, 1.82) is 0 Å². The normalized spacial score (nSPS) is 16.2. The number of aliphatic hydroxyl groups is 1. The maximum Gasteiger partial charge on any atom is 0.330 e. The predicted molar refractivity (Wildman–Crippen MR) is 102 cm³/mol. The van der Waals surface area contributed by atoms with Gasteiger partial charge in [-0.2, -0.15) is 0 Å². The summed E-state index contributed by atoms with van der Waals surface area (Å²) < 4.78 is 10.1. The van der Waals surface area contributed by atoms with Crippen LogP contribution in [-0.2, 0) is 21.4 Å². The number of aromatic amines is 1. The molecule has 0 saturated heterocycles. The van der Waals surface area contributed by atoms with E-state index in [0.29, 0.717) is 13.0 Å². The Labute approximate surface area is 153 Å². The summed E-state index contributed by atoms with van der Waals surface area (Å²) in [6.07, 6.45) is 7.05. The molecule has 0 radical (unpaired) electrons. The van der Waals surface area contributed by atoms with Gasteiger partial charge in [0.1, 0.15) is 5.75 Å². The monoisotopic (exact) mass is 355 g/mol. The summed E-state index contributed by atoms with van der Waals surface area (Å²) in [5.74, 6) is 0.588. The van der Waals surface area contributed by atoms with Crippen molar-refractivity contribution in [1.82, 2.24) is 4.98 Å². The van der Waals surface area contributed by atoms with Gasteiger partial charge in [0.25, 0.3) is 0 Å². The van der Waals surface area contributed by atoms with Crippen LogP contribution in [-0.4, -0.2) is 29.8 Å². The zero-order valence-electron chi connectivity index (χ0n) is 15.5. The minimum absolute atomic E-state index is 0.142. The smallest absolute Gasteiger partial charge is 0.330 e. The molecule has 0 bridgehead atoms. The van der Waals surface area contributed by atoms with Gasteiger partial charge >= 0.3 is 5.97 Å². The first-order valence-electron chi connectivity index (χ1n) is 8.89. The number of esters is 1. The Balaban J connectivity index is 1.89. The number of hydrogen-bond donors (Lipinski definition) is 2. The summed E-state index contributed by atoms with van der Waals surface area (Å²) in [4.78, 5) is 14.9. The number of rotatable bonds is 7. The molecule has 5 heteroatoms. The molecule has 138 valence electrons. The van der Waals surface area contributed by atoms with E-state index in [9.17, 15) is 9.90 Å². The van der Waals surface area contributed by atoms with Gasteiger partial charge in [0.05, 0.1) is 19.5 Å². The van der Waals surface area contributed by atoms with E-state index in [1.807, 2.05) is 18.2 Å². The standard InChI is InChI=1S/C21H25NO4/c1-4-26-19(24)7-5-6-14(23)12-17-16-9-8-15(25-3)13-18(16)22-20(17)21(2)10-11-21/h5-9,13,22-23H,4,10-12H2,1-3H3/b7-5+,14-6-. The molecule has 5 nitrogen and oxygen atoms in total. The van der Waals surface area contributed by atoms with Crippen molar-refractivity contribution < 1.29 is 19.4 Å². The van der Waals surface area contributed by atoms with Crippen molar-refractivity contribution in [3.05, 3.63) is 53.4 Å². The number of aromatic nitrogens is 1. The van der Waals surface area contributed by atoms with Gasteiger partial charge in [-0.1, -0.05) is 13.0 Å². The average Bonchev–Trinajstić information content (AvgIpc) is 3.26. The molecule has 2 N–H and O–H groups in total. The van der Waals surface area contributed by atoms with Crippen molar-refractivity contribution in [3.63, 3.8) is 0 Å². The molecule has 0 unspecified atom stereocenters. The molecule has 1 heterocycles. The highest BCUT2D eigenvalue weighted by atomic mass is 16.5. The van der Waals surface area contributed by atoms with Crippen LogP contribution in [0.3, 0.4) is 0 Å². The number of ether oxygens (including phenoxy) is 2. The van der Waals surface area contributed by atoms with Crippen molar-refractivity contribution in [2.75, 3.05) is 13.7 Å². The van der Waals surface area contributed by atoms with E-state index in [1.165, 1.54) is 23.9 Å². The highest BCUT2D eigenvalue weighted by molar-refractivity contribution is 5.87. The van der Waals surface area contributed by atoms with Crippen LogP contribution in [0, 0.1) is 0 Å². The Kier molecular flexibility index (Phi) is 5.07. The predicted octanol–water partition coefficient (Wildman–Crippen LogP) is 4.33. The van der Waals surface area contributed by atoms with E-state index in [1.54, 1.807) is 14.0 Å². The van der Waals surface area contributed by atoms with Gasteiger partial charge in [-0.05, 0) is 43.5 Å². The van der Waals surface area contributed by atoms with E-state index < -0.39 is 5.97 Å². The second kappa shape index (κ2) is 7.28. The van der Waals surface area contributed by atoms with Gasteiger partial charge in [-0.25, -0.2) is 4.79 Å². The number of fused-ring (bicyclic) bond motifs is 1. The summed E-state index contributed by atoms with van der Waals surface area (Å²) in [6, 6.07) is 5.94. The van der Waals surface area contributed by atoms with Crippen LogP contribution >= 0.6 is 0 Å². The minimum atomic E-state index is -0.415. The minimum Gasteiger partial charge on any atom is -0.512 e. The van der Waals surface area contributed by atoms with Crippen LogP contribution in [0.25, 0.3) is 10.9 Å². The van der Waals surface area contributed by atoms with Crippen LogP contribution in [0.15, 0.2) is 42.2 Å². The number of aliphatic hydroxyl groups excluding tert-OH is 1. The third kappa shape index (κ3) is 3.77. The Hall–Kier alpha value is -2.69. The van der Waals surface area contributed by atoms with Gasteiger partial charge in [0, 0.05) is 40.6 Å². The molecule has 2 aromatic rings. The third-order valence-corrected chi connectivity index (χ3v) is 4.88. The number of allylic oxidation sites excluding steroid dienone is 3. The molecule has 0 aliphatic heterocycles. The maximum atomic E-state index is 11.3. The lowest BCUT2D eigenvalue weighted by molar-refractivity contribution is -0.137. The second-order valence-electron chi connectivity index (χ2n) is 6.90. The Morgan fingerprint density at radius 1 is 1.38 bits per heavy atom. The fourth-order valence-corrected chi connectivity index (χ4v) is 3.17. The number of methoxy groups -OCH3 is 1. The van der Waals surface area contributed by atoms with E-state index in [-0.39, 0.29) is 11.2 Å². The van der Waals surface area contributed by atoms with Gasteiger partial charge in [-0.3, -0.25) is 0 Å². The van der Waals surface area contributed by atoms with Crippen molar-refractivity contribution in [2.45, 2.75) is 38.5 Å². The van der Waals surface area contributed by atoms with Crippen molar-refractivity contribution >= 4 is 16.9 Å². The summed E-state index contributed by atoms with van der Waals surface area (Å²) in [5, 5.41) is 11.4. The summed E-state index contributed by atoms with van der Waals surface area (Å²) in [5.41, 5.74) is 3.43. The molecule has 1 aliphatic rings. The Morgan fingerprint density at radius 3 is 2.81 bits per heavy atom. The fraction of sp³-hybridized carbons (Fsp3) is 0.381. The first kappa shape index (κ1) is 18.1. The lowest BCUT2D eigenvalue weighted by Gasteiger charge is -2.10. The lowest BCUT2D eigenvalue weighted by Crippen LogP contribution is -2.05. The van der Waals surface area contributed by atoms with E-state index in [4.69, 9.17) is 9.47 Å². The molecule has 26 heavy (non-hydrogen) atoms. The van der Waals surface area contributed by atoms with Gasteiger partial charge in [0.15, 0.2) is 0 Å². The van der Waals surface area contributed by atoms with E-state index >= 15 is 0 Å². The number of nitrogens with one attached hydrogen (secondary N) is 1. The second-order valence-corrected chi connectivity index (χ2v) is 6.90. The van der Waals surface area contributed by atoms with Crippen molar-refractivity contribution in [3.8, 4) is 5.75 Å². The molecule has 0 spiro atoms. The zero-order chi connectivity index (χ0) is 18.7. The molecule has 1 aliphatic carbocycles. The molecule has 1 saturated carbocycles. The molecule has 1 fully saturated rings. The van der Waals surface area contributed by atoms with Gasteiger partial charge in [-0.15, -0.1) is 0 Å². The van der Waals surface area contributed by atoms with Crippen LogP contribution < -0.4 is 4.74 Å². The van der Waals surface area contributed by atoms with E-state index in [2.05, 4.69) is 11.9 Å².